The number of carbonyl (C=O) groups is 4. The number of esters is 1. The SMILES string of the molecule is CCOC1CC12OC(=O)C1CC12NC(=O)[C@@H]1CCCN1C(=O)C1(NC(=O)C2=C(C)C(OC)=CCC2C)C(C)C1(C)C. The Morgan fingerprint density at radius 3 is 2.49 bits per heavy atom. The van der Waals surface area contributed by atoms with E-state index in [-0.39, 0.29) is 47.5 Å². The van der Waals surface area contributed by atoms with Crippen molar-refractivity contribution in [2.75, 3.05) is 20.3 Å². The number of methoxy groups -OCH3 is 1. The first-order valence-corrected chi connectivity index (χ1v) is 15.1. The molecule has 3 saturated carbocycles. The van der Waals surface area contributed by atoms with Gasteiger partial charge in [0.15, 0.2) is 5.60 Å². The number of rotatable bonds is 8. The molecule has 6 aliphatic rings. The second-order valence-electron chi connectivity index (χ2n) is 13.5. The summed E-state index contributed by atoms with van der Waals surface area (Å²) in [6.45, 7) is 12.7. The second kappa shape index (κ2) is 9.06. The van der Waals surface area contributed by atoms with E-state index >= 15 is 0 Å². The van der Waals surface area contributed by atoms with Crippen LogP contribution in [0, 0.1) is 23.2 Å². The minimum absolute atomic E-state index is 0.0131. The van der Waals surface area contributed by atoms with Crippen LogP contribution in [0.2, 0.25) is 0 Å². The van der Waals surface area contributed by atoms with Crippen molar-refractivity contribution in [1.82, 2.24) is 15.5 Å². The zero-order valence-corrected chi connectivity index (χ0v) is 25.2. The minimum atomic E-state index is -1.13. The van der Waals surface area contributed by atoms with Crippen LogP contribution in [0.1, 0.15) is 73.6 Å². The standard InChI is InChI=1S/C31H43N3O7/c1-8-40-22-15-30(22)29(14-19(29)26(37)41-30)32-24(35)20-10-9-13-34(20)27(38)31(18(4)28(31,5)6)33-25(36)23-16(2)11-12-21(39-7)17(23)3/h12,16,18-20,22H,8-11,13-15H2,1-7H3,(H,32,35)(H,33,36)/t16?,18?,19?,20-,22?,29?,30?,31?/m0/s1. The van der Waals surface area contributed by atoms with E-state index in [0.717, 1.165) is 5.57 Å². The molecule has 1 spiro atoms. The lowest BCUT2D eigenvalue weighted by Gasteiger charge is -2.33. The van der Waals surface area contributed by atoms with Gasteiger partial charge in [-0.1, -0.05) is 27.7 Å². The Hall–Kier alpha value is -2.88. The van der Waals surface area contributed by atoms with E-state index in [1.54, 1.807) is 12.0 Å². The Balaban J connectivity index is 1.23. The number of carbonyl (C=O) groups excluding carboxylic acids is 4. The van der Waals surface area contributed by atoms with Crippen LogP contribution < -0.4 is 10.6 Å². The van der Waals surface area contributed by atoms with E-state index in [0.29, 0.717) is 56.6 Å². The van der Waals surface area contributed by atoms with Crippen LogP contribution in [-0.2, 0) is 33.4 Å². The van der Waals surface area contributed by atoms with Gasteiger partial charge in [0.2, 0.25) is 17.7 Å². The van der Waals surface area contributed by atoms with Crippen LogP contribution in [0.4, 0.5) is 0 Å². The number of hydrogen-bond acceptors (Lipinski definition) is 7. The van der Waals surface area contributed by atoms with Gasteiger partial charge < -0.3 is 29.7 Å². The molecular weight excluding hydrogens is 526 g/mol. The fourth-order valence-electron chi connectivity index (χ4n) is 8.34. The molecule has 2 heterocycles. The smallest absolute Gasteiger partial charge is 0.312 e. The summed E-state index contributed by atoms with van der Waals surface area (Å²) < 4.78 is 17.0. The van der Waals surface area contributed by atoms with Crippen LogP contribution in [-0.4, -0.2) is 77.7 Å². The Bertz CT molecular complexity index is 1290. The van der Waals surface area contributed by atoms with Crippen molar-refractivity contribution in [2.24, 2.45) is 23.2 Å². The number of ether oxygens (including phenoxy) is 3. The molecule has 2 saturated heterocycles. The molecule has 0 aromatic rings. The van der Waals surface area contributed by atoms with E-state index in [4.69, 9.17) is 14.2 Å². The maximum atomic E-state index is 14.4. The third kappa shape index (κ3) is 3.64. The average molecular weight is 570 g/mol. The number of fused-ring (bicyclic) bond motifs is 2. The Morgan fingerprint density at radius 2 is 1.88 bits per heavy atom. The van der Waals surface area contributed by atoms with Crippen molar-refractivity contribution in [2.45, 2.75) is 102 Å². The lowest BCUT2D eigenvalue weighted by Crippen LogP contribution is -2.59. The summed E-state index contributed by atoms with van der Waals surface area (Å²) in [5.41, 5.74) is -1.77. The van der Waals surface area contributed by atoms with Gasteiger partial charge in [-0.2, -0.15) is 0 Å². The molecule has 4 aliphatic carbocycles. The van der Waals surface area contributed by atoms with Crippen LogP contribution in [0.3, 0.4) is 0 Å². The lowest BCUT2D eigenvalue weighted by atomic mass is 9.86. The maximum absolute atomic E-state index is 14.4. The summed E-state index contributed by atoms with van der Waals surface area (Å²) in [6, 6.07) is -0.676. The predicted octanol–water partition coefficient (Wildman–Crippen LogP) is 2.37. The molecular formula is C31H43N3O7. The molecule has 0 bridgehead atoms. The summed E-state index contributed by atoms with van der Waals surface area (Å²) in [6.07, 6.45) is 4.77. The molecule has 41 heavy (non-hydrogen) atoms. The van der Waals surface area contributed by atoms with Gasteiger partial charge in [-0.3, -0.25) is 19.2 Å². The Kier molecular flexibility index (Phi) is 6.24. The summed E-state index contributed by atoms with van der Waals surface area (Å²) in [5, 5.41) is 6.35. The first kappa shape index (κ1) is 28.2. The highest BCUT2D eigenvalue weighted by atomic mass is 16.6. The predicted molar refractivity (Wildman–Crippen MR) is 148 cm³/mol. The zero-order chi connectivity index (χ0) is 29.7. The lowest BCUT2D eigenvalue weighted by molar-refractivity contribution is -0.150. The number of nitrogens with zero attached hydrogens (tertiary/aromatic N) is 1. The maximum Gasteiger partial charge on any atom is 0.312 e. The van der Waals surface area contributed by atoms with Crippen molar-refractivity contribution < 1.29 is 33.4 Å². The summed E-state index contributed by atoms with van der Waals surface area (Å²) in [4.78, 5) is 56.2. The fraction of sp³-hybridized carbons (Fsp3) is 0.742. The highest BCUT2D eigenvalue weighted by molar-refractivity contribution is 6.04. The normalized spacial score (nSPS) is 41.4. The Morgan fingerprint density at radius 1 is 1.17 bits per heavy atom. The van der Waals surface area contributed by atoms with Crippen LogP contribution >= 0.6 is 0 Å². The fourth-order valence-corrected chi connectivity index (χ4v) is 8.34. The quantitative estimate of drug-likeness (QED) is 0.430. The van der Waals surface area contributed by atoms with Crippen molar-refractivity contribution in [3.63, 3.8) is 0 Å². The number of likely N-dealkylation sites (tertiary alicyclic amines) is 1. The van der Waals surface area contributed by atoms with E-state index in [9.17, 15) is 19.2 Å². The van der Waals surface area contributed by atoms with Gasteiger partial charge in [-0.05, 0) is 63.0 Å². The molecule has 2 aliphatic heterocycles. The van der Waals surface area contributed by atoms with Crippen molar-refractivity contribution in [1.29, 1.82) is 0 Å². The molecule has 7 unspecified atom stereocenters. The Labute approximate surface area is 241 Å². The number of amides is 3. The van der Waals surface area contributed by atoms with Crippen LogP contribution in [0.15, 0.2) is 23.0 Å². The minimum Gasteiger partial charge on any atom is -0.497 e. The molecule has 5 fully saturated rings. The van der Waals surface area contributed by atoms with E-state index in [2.05, 4.69) is 10.6 Å². The second-order valence-corrected chi connectivity index (χ2v) is 13.5. The summed E-state index contributed by atoms with van der Waals surface area (Å²) >= 11 is 0. The van der Waals surface area contributed by atoms with Gasteiger partial charge in [0.05, 0.1) is 18.6 Å². The molecule has 224 valence electrons. The van der Waals surface area contributed by atoms with Gasteiger partial charge in [-0.15, -0.1) is 0 Å². The number of hydrogen-bond donors (Lipinski definition) is 2. The van der Waals surface area contributed by atoms with Gasteiger partial charge >= 0.3 is 5.97 Å². The third-order valence-corrected chi connectivity index (χ3v) is 11.4. The first-order valence-electron chi connectivity index (χ1n) is 15.1. The monoisotopic (exact) mass is 569 g/mol. The molecule has 0 radical (unpaired) electrons. The van der Waals surface area contributed by atoms with Gasteiger partial charge in [-0.25, -0.2) is 0 Å². The third-order valence-electron chi connectivity index (χ3n) is 11.4. The zero-order valence-electron chi connectivity index (χ0n) is 25.2. The van der Waals surface area contributed by atoms with Crippen molar-refractivity contribution >= 4 is 23.7 Å². The molecule has 8 atom stereocenters. The van der Waals surface area contributed by atoms with Crippen LogP contribution in [0.5, 0.6) is 0 Å². The van der Waals surface area contributed by atoms with Crippen molar-refractivity contribution in [3.8, 4) is 0 Å². The van der Waals surface area contributed by atoms with Gasteiger partial charge in [0.1, 0.15) is 23.4 Å². The van der Waals surface area contributed by atoms with E-state index in [1.807, 2.05) is 47.6 Å². The molecule has 0 aromatic heterocycles. The molecule has 10 nitrogen and oxygen atoms in total. The molecule has 10 heteroatoms. The highest BCUT2D eigenvalue weighted by Crippen LogP contribution is 2.69. The number of nitrogens with one attached hydrogen (secondary N) is 2. The van der Waals surface area contributed by atoms with Gasteiger partial charge in [0.25, 0.3) is 0 Å². The highest BCUT2D eigenvalue weighted by Gasteiger charge is 2.87. The molecule has 3 amide bonds. The average Bonchev–Trinajstić information content (AvgIpc) is 3.80. The largest absolute Gasteiger partial charge is 0.497 e. The summed E-state index contributed by atoms with van der Waals surface area (Å²) in [5.74, 6) is -0.849. The van der Waals surface area contributed by atoms with E-state index in [1.165, 1.54) is 0 Å². The van der Waals surface area contributed by atoms with Crippen molar-refractivity contribution in [3.05, 3.63) is 23.0 Å². The molecule has 2 N–H and O–H groups in total. The summed E-state index contributed by atoms with van der Waals surface area (Å²) in [7, 11) is 1.59. The molecule has 6 rings (SSSR count). The van der Waals surface area contributed by atoms with Gasteiger partial charge in [0, 0.05) is 30.6 Å². The topological polar surface area (TPSA) is 123 Å². The van der Waals surface area contributed by atoms with E-state index < -0.39 is 28.1 Å². The number of allylic oxidation sites excluding steroid dienone is 2. The first-order chi connectivity index (χ1) is 19.3. The van der Waals surface area contributed by atoms with Crippen LogP contribution in [0.25, 0.3) is 0 Å². The molecule has 0 aromatic carbocycles.